The lowest BCUT2D eigenvalue weighted by Crippen LogP contribution is -2.30. The third-order valence-corrected chi connectivity index (χ3v) is 3.27. The Bertz CT molecular complexity index is 490. The molecule has 2 heteroatoms. The van der Waals surface area contributed by atoms with Crippen molar-refractivity contribution in [1.82, 2.24) is 0 Å². The number of hydrogen-bond donors (Lipinski definition) is 1. The summed E-state index contributed by atoms with van der Waals surface area (Å²) in [5.74, 6) is 0. The van der Waals surface area contributed by atoms with Crippen LogP contribution in [0.1, 0.15) is 25.0 Å². The minimum atomic E-state index is 0.0979. The van der Waals surface area contributed by atoms with Gasteiger partial charge in [-0.1, -0.05) is 42.5 Å². The van der Waals surface area contributed by atoms with Gasteiger partial charge < -0.3 is 10.0 Å². The lowest BCUT2D eigenvalue weighted by atomic mass is 10.1. The highest BCUT2D eigenvalue weighted by Crippen LogP contribution is 2.20. The summed E-state index contributed by atoms with van der Waals surface area (Å²) in [7, 11) is 0. The van der Waals surface area contributed by atoms with Crippen LogP contribution in [0.2, 0.25) is 0 Å². The Labute approximate surface area is 115 Å². The van der Waals surface area contributed by atoms with Crippen LogP contribution in [-0.2, 0) is 13.2 Å². The number of aliphatic hydroxyl groups excluding tert-OH is 1. The summed E-state index contributed by atoms with van der Waals surface area (Å²) in [6.45, 7) is 5.39. The molecule has 0 fully saturated rings. The lowest BCUT2D eigenvalue weighted by molar-refractivity contribution is 0.282. The van der Waals surface area contributed by atoms with Gasteiger partial charge in [0, 0.05) is 18.3 Å². The van der Waals surface area contributed by atoms with Crippen LogP contribution in [0, 0.1) is 0 Å². The molecule has 0 aliphatic carbocycles. The molecule has 2 aromatic rings. The van der Waals surface area contributed by atoms with E-state index in [1.165, 1.54) is 11.3 Å². The topological polar surface area (TPSA) is 23.5 Å². The third-order valence-electron chi connectivity index (χ3n) is 3.27. The highest BCUT2D eigenvalue weighted by atomic mass is 16.3. The van der Waals surface area contributed by atoms with Gasteiger partial charge in [0.05, 0.1) is 6.61 Å². The van der Waals surface area contributed by atoms with Crippen molar-refractivity contribution in [2.24, 2.45) is 0 Å². The molecule has 0 aliphatic heterocycles. The zero-order valence-electron chi connectivity index (χ0n) is 11.6. The second-order valence-corrected chi connectivity index (χ2v) is 5.03. The van der Waals surface area contributed by atoms with Gasteiger partial charge >= 0.3 is 0 Å². The Kier molecular flexibility index (Phi) is 4.58. The Morgan fingerprint density at radius 3 is 2.05 bits per heavy atom. The maximum Gasteiger partial charge on any atom is 0.0681 e. The van der Waals surface area contributed by atoms with E-state index >= 15 is 0 Å². The minimum Gasteiger partial charge on any atom is -0.392 e. The van der Waals surface area contributed by atoms with Gasteiger partial charge in [-0.15, -0.1) is 0 Å². The first-order chi connectivity index (χ1) is 9.20. The number of aliphatic hydroxyl groups is 1. The molecule has 100 valence electrons. The van der Waals surface area contributed by atoms with E-state index in [1.807, 2.05) is 18.2 Å². The molecule has 0 amide bonds. The predicted molar refractivity (Wildman–Crippen MR) is 80.1 cm³/mol. The number of hydrogen-bond acceptors (Lipinski definition) is 2. The van der Waals surface area contributed by atoms with Crippen LogP contribution in [0.15, 0.2) is 54.6 Å². The van der Waals surface area contributed by atoms with Crippen molar-refractivity contribution >= 4 is 5.69 Å². The van der Waals surface area contributed by atoms with E-state index < -0.39 is 0 Å². The van der Waals surface area contributed by atoms with Crippen LogP contribution in [0.3, 0.4) is 0 Å². The van der Waals surface area contributed by atoms with Gasteiger partial charge in [-0.3, -0.25) is 0 Å². The van der Waals surface area contributed by atoms with E-state index in [-0.39, 0.29) is 6.61 Å². The van der Waals surface area contributed by atoms with Crippen LogP contribution in [0.4, 0.5) is 5.69 Å². The first-order valence-corrected chi connectivity index (χ1v) is 6.71. The average Bonchev–Trinajstić information content (AvgIpc) is 2.46. The molecule has 0 saturated carbocycles. The molecule has 0 unspecified atom stereocenters. The van der Waals surface area contributed by atoms with Crippen LogP contribution < -0.4 is 4.90 Å². The van der Waals surface area contributed by atoms with Crippen LogP contribution in [0.25, 0.3) is 0 Å². The van der Waals surface area contributed by atoms with E-state index in [1.54, 1.807) is 0 Å². The van der Waals surface area contributed by atoms with Gasteiger partial charge in [0.1, 0.15) is 0 Å². The molecule has 0 atom stereocenters. The minimum absolute atomic E-state index is 0.0979. The van der Waals surface area contributed by atoms with Crippen LogP contribution in [-0.4, -0.2) is 11.1 Å². The van der Waals surface area contributed by atoms with Crippen molar-refractivity contribution in [3.8, 4) is 0 Å². The summed E-state index contributed by atoms with van der Waals surface area (Å²) < 4.78 is 0. The average molecular weight is 255 g/mol. The molecular weight excluding hydrogens is 234 g/mol. The molecule has 0 saturated heterocycles. The molecule has 0 aliphatic rings. The second-order valence-electron chi connectivity index (χ2n) is 5.03. The maximum atomic E-state index is 9.10. The van der Waals surface area contributed by atoms with Crippen molar-refractivity contribution in [1.29, 1.82) is 0 Å². The van der Waals surface area contributed by atoms with Gasteiger partial charge in [0.15, 0.2) is 0 Å². The van der Waals surface area contributed by atoms with E-state index in [4.69, 9.17) is 5.11 Å². The molecule has 2 aromatic carbocycles. The standard InChI is InChI=1S/C17H21NO/c1-14(2)18(12-15-6-4-3-5-7-15)17-10-8-16(13-19)9-11-17/h3-11,14,19H,12-13H2,1-2H3. The van der Waals surface area contributed by atoms with Crippen molar-refractivity contribution in [3.63, 3.8) is 0 Å². The smallest absolute Gasteiger partial charge is 0.0681 e. The summed E-state index contributed by atoms with van der Waals surface area (Å²) in [4.78, 5) is 2.36. The van der Waals surface area contributed by atoms with E-state index in [9.17, 15) is 0 Å². The monoisotopic (exact) mass is 255 g/mol. The Balaban J connectivity index is 2.19. The summed E-state index contributed by atoms with van der Waals surface area (Å²) in [6.07, 6.45) is 0. The van der Waals surface area contributed by atoms with Crippen LogP contribution in [0.5, 0.6) is 0 Å². The molecule has 1 N–H and O–H groups in total. The predicted octanol–water partition coefficient (Wildman–Crippen LogP) is 3.59. The van der Waals surface area contributed by atoms with Gasteiger partial charge in [-0.25, -0.2) is 0 Å². The summed E-state index contributed by atoms with van der Waals surface area (Å²) in [5.41, 5.74) is 3.45. The highest BCUT2D eigenvalue weighted by molar-refractivity contribution is 5.49. The van der Waals surface area contributed by atoms with Crippen molar-refractivity contribution < 1.29 is 5.11 Å². The largest absolute Gasteiger partial charge is 0.392 e. The third kappa shape index (κ3) is 3.58. The molecule has 2 rings (SSSR count). The number of rotatable bonds is 5. The lowest BCUT2D eigenvalue weighted by Gasteiger charge is -2.29. The molecule has 0 radical (unpaired) electrons. The zero-order valence-corrected chi connectivity index (χ0v) is 11.6. The normalized spacial score (nSPS) is 10.7. The Morgan fingerprint density at radius 1 is 0.895 bits per heavy atom. The van der Waals surface area contributed by atoms with E-state index in [0.29, 0.717) is 6.04 Å². The van der Waals surface area contributed by atoms with Crippen molar-refractivity contribution in [2.45, 2.75) is 33.0 Å². The Hall–Kier alpha value is -1.80. The Morgan fingerprint density at radius 2 is 1.53 bits per heavy atom. The van der Waals surface area contributed by atoms with Crippen molar-refractivity contribution in [3.05, 3.63) is 65.7 Å². The number of benzene rings is 2. The zero-order chi connectivity index (χ0) is 13.7. The van der Waals surface area contributed by atoms with Crippen molar-refractivity contribution in [2.75, 3.05) is 4.90 Å². The number of anilines is 1. The molecule has 0 aromatic heterocycles. The highest BCUT2D eigenvalue weighted by Gasteiger charge is 2.10. The van der Waals surface area contributed by atoms with Gasteiger partial charge in [-0.05, 0) is 37.1 Å². The molecule has 0 spiro atoms. The molecule has 2 nitrogen and oxygen atoms in total. The maximum absolute atomic E-state index is 9.10. The van der Waals surface area contributed by atoms with Gasteiger partial charge in [-0.2, -0.15) is 0 Å². The molecule has 0 bridgehead atoms. The SMILES string of the molecule is CC(C)N(Cc1ccccc1)c1ccc(CO)cc1. The van der Waals surface area contributed by atoms with Gasteiger partial charge in [0.25, 0.3) is 0 Å². The molecule has 19 heavy (non-hydrogen) atoms. The first-order valence-electron chi connectivity index (χ1n) is 6.71. The van der Waals surface area contributed by atoms with Gasteiger partial charge in [0.2, 0.25) is 0 Å². The first kappa shape index (κ1) is 13.6. The second kappa shape index (κ2) is 6.39. The number of nitrogens with zero attached hydrogens (tertiary/aromatic N) is 1. The van der Waals surface area contributed by atoms with E-state index in [0.717, 1.165) is 12.1 Å². The molecule has 0 heterocycles. The summed E-state index contributed by atoms with van der Waals surface area (Å²) in [5, 5.41) is 9.10. The fourth-order valence-electron chi connectivity index (χ4n) is 2.14. The fourth-order valence-corrected chi connectivity index (χ4v) is 2.14. The molecular formula is C17H21NO. The van der Waals surface area contributed by atoms with Crippen LogP contribution >= 0.6 is 0 Å². The quantitative estimate of drug-likeness (QED) is 0.882. The summed E-state index contributed by atoms with van der Waals surface area (Å²) in [6, 6.07) is 19.0. The fraction of sp³-hybridized carbons (Fsp3) is 0.294. The summed E-state index contributed by atoms with van der Waals surface area (Å²) >= 11 is 0. The van der Waals surface area contributed by atoms with E-state index in [2.05, 4.69) is 55.1 Å².